The molecule has 1 aliphatic rings. The van der Waals surface area contributed by atoms with Crippen LogP contribution in [0.1, 0.15) is 86.9 Å². The van der Waals surface area contributed by atoms with Crippen molar-refractivity contribution in [1.82, 2.24) is 19.9 Å². The number of carbonyl (C=O) groups is 2. The predicted molar refractivity (Wildman–Crippen MR) is 157 cm³/mol. The number of nitrogens with one attached hydrogen (secondary N) is 1. The molecule has 1 amide bonds. The number of amides is 1. The number of hydrogen-bond donors (Lipinski definition) is 2. The second-order valence-corrected chi connectivity index (χ2v) is 14.1. The molecule has 0 spiro atoms. The first kappa shape index (κ1) is 30.8. The maximum Gasteiger partial charge on any atom is 0.337 e. The number of benzene rings is 1. The molecular weight excluding hydrogens is 547 g/mol. The fourth-order valence-electron chi connectivity index (χ4n) is 4.92. The minimum atomic E-state index is -1.42. The molecule has 0 aliphatic carbocycles. The lowest BCUT2D eigenvalue weighted by molar-refractivity contribution is -0.160. The summed E-state index contributed by atoms with van der Waals surface area (Å²) in [7, 11) is 0. The largest absolute Gasteiger partial charge is 0.490 e. The number of nitrogens with zero attached hydrogens (tertiary/aromatic N) is 3. The second kappa shape index (κ2) is 11.6. The number of carboxylic acid groups (broad SMARTS) is 1. The third kappa shape index (κ3) is 6.83. The monoisotopic (exact) mass is 586 g/mol. The molecule has 0 saturated carbocycles. The van der Waals surface area contributed by atoms with Gasteiger partial charge in [-0.2, -0.15) is 16.9 Å². The van der Waals surface area contributed by atoms with E-state index in [2.05, 4.69) is 36.2 Å². The van der Waals surface area contributed by atoms with Crippen LogP contribution in [0.2, 0.25) is 0 Å². The van der Waals surface area contributed by atoms with Crippen molar-refractivity contribution in [1.29, 1.82) is 0 Å². The Morgan fingerprint density at radius 2 is 1.93 bits per heavy atom. The minimum Gasteiger partial charge on any atom is -0.490 e. The average molecular weight is 587 g/mol. The Bertz CT molecular complexity index is 1490. The molecule has 0 saturated heterocycles. The highest BCUT2D eigenvalue weighted by molar-refractivity contribution is 8.00. The van der Waals surface area contributed by atoms with Crippen LogP contribution in [-0.4, -0.2) is 60.8 Å². The normalized spacial score (nSPS) is 14.5. The van der Waals surface area contributed by atoms with Gasteiger partial charge in [-0.3, -0.25) is 4.79 Å². The summed E-state index contributed by atoms with van der Waals surface area (Å²) in [6.07, 6.45) is -0.0689. The average Bonchev–Trinajstić information content (AvgIpc) is 3.29. The van der Waals surface area contributed by atoms with Gasteiger partial charge in [0.1, 0.15) is 0 Å². The Hall–Kier alpha value is -3.18. The van der Waals surface area contributed by atoms with Crippen molar-refractivity contribution >= 4 is 29.3 Å². The standard InChI is InChI=1S/C30H39FN4O5S/c1-16-18-10-9-12-39-25(18)20(31)14-19(16)24-23(26(28(37)38)40-29(3,4)5)17(2)33-22-15-21(34-35(22)24)27(36)32-11-13-41-30(6,7)8/h14-15,26H,9-13H2,1-8H3,(H,32,36)(H,37,38). The van der Waals surface area contributed by atoms with Crippen molar-refractivity contribution in [3.63, 3.8) is 0 Å². The van der Waals surface area contributed by atoms with Crippen molar-refractivity contribution in [3.05, 3.63) is 46.0 Å². The molecule has 0 bridgehead atoms. The number of aromatic nitrogens is 3. The Balaban J connectivity index is 1.91. The lowest BCUT2D eigenvalue weighted by atomic mass is 9.91. The molecule has 3 aromatic rings. The van der Waals surface area contributed by atoms with Crippen LogP contribution in [0.25, 0.3) is 16.9 Å². The van der Waals surface area contributed by atoms with Gasteiger partial charge in [-0.25, -0.2) is 18.7 Å². The number of carbonyl (C=O) groups excluding carboxylic acids is 1. The first-order chi connectivity index (χ1) is 19.1. The molecule has 0 fully saturated rings. The number of thioether (sulfide) groups is 1. The zero-order chi connectivity index (χ0) is 30.3. The SMILES string of the molecule is Cc1nc2cc(C(=O)NCCSC(C)(C)C)nn2c(-c2cc(F)c3c(c2C)CCCO3)c1C(OC(C)(C)C)C(=O)O. The van der Waals surface area contributed by atoms with Gasteiger partial charge in [-0.1, -0.05) is 20.8 Å². The lowest BCUT2D eigenvalue weighted by Crippen LogP contribution is -2.29. The van der Waals surface area contributed by atoms with Gasteiger partial charge >= 0.3 is 5.97 Å². The number of fused-ring (bicyclic) bond motifs is 2. The van der Waals surface area contributed by atoms with Gasteiger partial charge in [0, 0.05) is 45.5 Å². The van der Waals surface area contributed by atoms with Crippen LogP contribution in [-0.2, 0) is 16.0 Å². The molecule has 222 valence electrons. The Kier molecular flexibility index (Phi) is 8.71. The predicted octanol–water partition coefficient (Wildman–Crippen LogP) is 5.68. The van der Waals surface area contributed by atoms with Crippen molar-refractivity contribution in [2.75, 3.05) is 18.9 Å². The molecule has 2 aromatic heterocycles. The number of ether oxygens (including phenoxy) is 2. The van der Waals surface area contributed by atoms with E-state index in [-0.39, 0.29) is 27.7 Å². The Labute approximate surface area is 244 Å². The van der Waals surface area contributed by atoms with E-state index in [9.17, 15) is 14.7 Å². The highest BCUT2D eigenvalue weighted by Crippen LogP contribution is 2.41. The van der Waals surface area contributed by atoms with E-state index in [1.54, 1.807) is 45.5 Å². The molecule has 41 heavy (non-hydrogen) atoms. The summed E-state index contributed by atoms with van der Waals surface area (Å²) in [6, 6.07) is 2.90. The zero-order valence-corrected chi connectivity index (χ0v) is 25.8. The molecule has 9 nitrogen and oxygen atoms in total. The van der Waals surface area contributed by atoms with Crippen molar-refractivity contribution in [3.8, 4) is 17.0 Å². The smallest absolute Gasteiger partial charge is 0.337 e. The fraction of sp³-hybridized carbons (Fsp3) is 0.533. The van der Waals surface area contributed by atoms with Gasteiger partial charge in [0.15, 0.2) is 29.0 Å². The quantitative estimate of drug-likeness (QED) is 0.324. The summed E-state index contributed by atoms with van der Waals surface area (Å²) < 4.78 is 28.6. The third-order valence-electron chi connectivity index (χ3n) is 6.63. The molecule has 11 heteroatoms. The fourth-order valence-corrected chi connectivity index (χ4v) is 5.74. The number of halogens is 1. The van der Waals surface area contributed by atoms with Gasteiger partial charge in [0.05, 0.1) is 17.9 Å². The van der Waals surface area contributed by atoms with Crippen molar-refractivity contribution in [2.24, 2.45) is 0 Å². The van der Waals surface area contributed by atoms with E-state index in [4.69, 9.17) is 9.47 Å². The van der Waals surface area contributed by atoms with E-state index in [1.165, 1.54) is 10.6 Å². The summed E-state index contributed by atoms with van der Waals surface area (Å²) in [6.45, 7) is 16.1. The molecule has 0 radical (unpaired) electrons. The van der Waals surface area contributed by atoms with Gasteiger partial charge < -0.3 is 19.9 Å². The first-order valence-corrected chi connectivity index (χ1v) is 14.7. The van der Waals surface area contributed by atoms with Gasteiger partial charge in [0.25, 0.3) is 5.91 Å². The number of rotatable bonds is 8. The minimum absolute atomic E-state index is 0.0728. The van der Waals surface area contributed by atoms with Crippen LogP contribution in [0, 0.1) is 19.7 Å². The number of hydrogen-bond acceptors (Lipinski definition) is 7. The summed E-state index contributed by atoms with van der Waals surface area (Å²) in [5.74, 6) is -1.19. The summed E-state index contributed by atoms with van der Waals surface area (Å²) >= 11 is 1.74. The van der Waals surface area contributed by atoms with Gasteiger partial charge in [0.2, 0.25) is 0 Å². The van der Waals surface area contributed by atoms with E-state index in [0.717, 1.165) is 23.3 Å². The first-order valence-electron chi connectivity index (χ1n) is 13.8. The van der Waals surface area contributed by atoms with Gasteiger partial charge in [-0.15, -0.1) is 0 Å². The molecule has 1 atom stereocenters. The maximum atomic E-state index is 15.5. The highest BCUT2D eigenvalue weighted by Gasteiger charge is 2.35. The molecular formula is C30H39FN4O5S. The Morgan fingerprint density at radius 3 is 2.56 bits per heavy atom. The number of aryl methyl sites for hydroxylation is 1. The van der Waals surface area contributed by atoms with Crippen LogP contribution >= 0.6 is 11.8 Å². The van der Waals surface area contributed by atoms with E-state index in [0.29, 0.717) is 42.2 Å². The molecule has 3 heterocycles. The van der Waals surface area contributed by atoms with Crippen LogP contribution in [0.15, 0.2) is 12.1 Å². The number of aliphatic carboxylic acids is 1. The van der Waals surface area contributed by atoms with Crippen LogP contribution in [0.4, 0.5) is 4.39 Å². The maximum absolute atomic E-state index is 15.5. The van der Waals surface area contributed by atoms with Crippen LogP contribution in [0.3, 0.4) is 0 Å². The van der Waals surface area contributed by atoms with Crippen LogP contribution in [0.5, 0.6) is 5.75 Å². The zero-order valence-electron chi connectivity index (χ0n) is 25.0. The molecule has 1 aliphatic heterocycles. The van der Waals surface area contributed by atoms with Crippen molar-refractivity contribution in [2.45, 2.75) is 84.7 Å². The van der Waals surface area contributed by atoms with Crippen molar-refractivity contribution < 1.29 is 28.6 Å². The molecule has 1 unspecified atom stereocenters. The van der Waals surface area contributed by atoms with Gasteiger partial charge in [-0.05, 0) is 59.1 Å². The van der Waals surface area contributed by atoms with E-state index in [1.807, 2.05) is 6.92 Å². The Morgan fingerprint density at radius 1 is 1.22 bits per heavy atom. The molecule has 2 N–H and O–H groups in total. The topological polar surface area (TPSA) is 115 Å². The van der Waals surface area contributed by atoms with E-state index < -0.39 is 23.5 Å². The lowest BCUT2D eigenvalue weighted by Gasteiger charge is -2.28. The second-order valence-electron chi connectivity index (χ2n) is 12.2. The van der Waals surface area contributed by atoms with Crippen LogP contribution < -0.4 is 10.1 Å². The summed E-state index contributed by atoms with van der Waals surface area (Å²) in [5, 5.41) is 17.8. The van der Waals surface area contributed by atoms with E-state index >= 15 is 4.39 Å². The molecule has 1 aromatic carbocycles. The third-order valence-corrected chi connectivity index (χ3v) is 7.91. The molecule has 4 rings (SSSR count). The summed E-state index contributed by atoms with van der Waals surface area (Å²) in [5.41, 5.74) is 2.50. The highest BCUT2D eigenvalue weighted by atomic mass is 32.2. The number of carboxylic acids is 1. The summed E-state index contributed by atoms with van der Waals surface area (Å²) in [4.78, 5) is 30.3.